The van der Waals surface area contributed by atoms with Gasteiger partial charge in [-0.05, 0) is 46.3 Å². The maximum Gasteiger partial charge on any atom is 0.196 e. The van der Waals surface area contributed by atoms with Crippen LogP contribution in [-0.2, 0) is 0 Å². The van der Waals surface area contributed by atoms with Crippen LogP contribution in [0.15, 0.2) is 40.9 Å². The lowest BCUT2D eigenvalue weighted by atomic mass is 10.0. The Kier molecular flexibility index (Phi) is 3.52. The Labute approximate surface area is 109 Å². The van der Waals surface area contributed by atoms with Crippen molar-refractivity contribution in [3.8, 4) is 0 Å². The van der Waals surface area contributed by atoms with Crippen LogP contribution in [-0.4, -0.2) is 5.78 Å². The highest BCUT2D eigenvalue weighted by Crippen LogP contribution is 2.21. The number of ketones is 1. The number of hydrogen-bond acceptors (Lipinski definition) is 1. The van der Waals surface area contributed by atoms with Crippen molar-refractivity contribution in [2.75, 3.05) is 0 Å². The van der Waals surface area contributed by atoms with Crippen LogP contribution in [0.25, 0.3) is 0 Å². The Bertz CT molecular complexity index is 626. The lowest BCUT2D eigenvalue weighted by Gasteiger charge is -2.04. The van der Waals surface area contributed by atoms with Crippen LogP contribution in [0.4, 0.5) is 13.2 Å². The number of rotatable bonds is 2. The third-order valence-corrected chi connectivity index (χ3v) is 2.99. The summed E-state index contributed by atoms with van der Waals surface area (Å²) in [5.74, 6) is -3.54. The quantitative estimate of drug-likeness (QED) is 0.763. The molecule has 0 spiro atoms. The molecule has 0 saturated heterocycles. The summed E-state index contributed by atoms with van der Waals surface area (Å²) in [6.07, 6.45) is 0. The molecule has 92 valence electrons. The fraction of sp³-hybridized carbons (Fsp3) is 0. The average molecular weight is 315 g/mol. The van der Waals surface area contributed by atoms with Crippen LogP contribution in [0.3, 0.4) is 0 Å². The molecule has 0 heterocycles. The van der Waals surface area contributed by atoms with Crippen molar-refractivity contribution in [3.05, 3.63) is 69.4 Å². The lowest BCUT2D eigenvalue weighted by Crippen LogP contribution is -2.06. The molecule has 0 fully saturated rings. The first-order valence-electron chi connectivity index (χ1n) is 4.94. The Morgan fingerprint density at radius 3 is 2.39 bits per heavy atom. The fourth-order valence-corrected chi connectivity index (χ4v) is 1.85. The second-order valence-corrected chi connectivity index (χ2v) is 4.41. The summed E-state index contributed by atoms with van der Waals surface area (Å²) in [7, 11) is 0. The summed E-state index contributed by atoms with van der Waals surface area (Å²) in [6.45, 7) is 0. The monoisotopic (exact) mass is 314 g/mol. The number of carbonyl (C=O) groups is 1. The molecule has 0 aliphatic carbocycles. The minimum absolute atomic E-state index is 0.0766. The Morgan fingerprint density at radius 1 is 1.00 bits per heavy atom. The summed E-state index contributed by atoms with van der Waals surface area (Å²) in [4.78, 5) is 11.9. The predicted molar refractivity (Wildman–Crippen MR) is 63.9 cm³/mol. The molecule has 2 rings (SSSR count). The Hall–Kier alpha value is -1.62. The van der Waals surface area contributed by atoms with Gasteiger partial charge in [-0.1, -0.05) is 6.07 Å². The van der Waals surface area contributed by atoms with Crippen LogP contribution in [0.2, 0.25) is 0 Å². The van der Waals surface area contributed by atoms with E-state index in [0.717, 1.165) is 12.1 Å². The first-order valence-corrected chi connectivity index (χ1v) is 5.74. The standard InChI is InChI=1S/C13H6BrF3O/c14-9-6-7(4-5-10(9)15)13(18)8-2-1-3-11(16)12(8)17/h1-6H. The van der Waals surface area contributed by atoms with E-state index in [0.29, 0.717) is 0 Å². The lowest BCUT2D eigenvalue weighted by molar-refractivity contribution is 0.103. The van der Waals surface area contributed by atoms with Gasteiger partial charge in [0.15, 0.2) is 17.4 Å². The van der Waals surface area contributed by atoms with E-state index in [4.69, 9.17) is 0 Å². The van der Waals surface area contributed by atoms with Gasteiger partial charge in [-0.25, -0.2) is 13.2 Å². The third-order valence-electron chi connectivity index (χ3n) is 2.38. The summed E-state index contributed by atoms with van der Waals surface area (Å²) in [6, 6.07) is 6.86. The molecule has 5 heteroatoms. The van der Waals surface area contributed by atoms with E-state index >= 15 is 0 Å². The van der Waals surface area contributed by atoms with Gasteiger partial charge < -0.3 is 0 Å². The van der Waals surface area contributed by atoms with Crippen LogP contribution >= 0.6 is 15.9 Å². The van der Waals surface area contributed by atoms with Crippen LogP contribution in [0.1, 0.15) is 15.9 Å². The molecule has 0 aliphatic heterocycles. The molecule has 0 aromatic heterocycles. The number of hydrogen-bond donors (Lipinski definition) is 0. The Balaban J connectivity index is 2.48. The van der Waals surface area contributed by atoms with Gasteiger partial charge in [0.1, 0.15) is 5.82 Å². The van der Waals surface area contributed by atoms with Crippen molar-refractivity contribution in [1.29, 1.82) is 0 Å². The number of carbonyl (C=O) groups excluding carboxylic acids is 1. The van der Waals surface area contributed by atoms with E-state index in [1.807, 2.05) is 0 Å². The highest BCUT2D eigenvalue weighted by Gasteiger charge is 2.17. The predicted octanol–water partition coefficient (Wildman–Crippen LogP) is 4.10. The minimum atomic E-state index is -1.21. The second-order valence-electron chi connectivity index (χ2n) is 3.56. The molecule has 0 atom stereocenters. The largest absolute Gasteiger partial charge is 0.288 e. The molecule has 1 nitrogen and oxygen atoms in total. The topological polar surface area (TPSA) is 17.1 Å². The van der Waals surface area contributed by atoms with E-state index in [9.17, 15) is 18.0 Å². The van der Waals surface area contributed by atoms with Gasteiger partial charge in [0.25, 0.3) is 0 Å². The van der Waals surface area contributed by atoms with E-state index in [1.165, 1.54) is 24.3 Å². The molecule has 0 saturated carbocycles. The highest BCUT2D eigenvalue weighted by molar-refractivity contribution is 9.10. The van der Waals surface area contributed by atoms with Crippen molar-refractivity contribution < 1.29 is 18.0 Å². The third kappa shape index (κ3) is 2.31. The first-order chi connectivity index (χ1) is 8.50. The van der Waals surface area contributed by atoms with E-state index in [1.54, 1.807) is 0 Å². The molecular weight excluding hydrogens is 309 g/mol. The van der Waals surface area contributed by atoms with Gasteiger partial charge >= 0.3 is 0 Å². The van der Waals surface area contributed by atoms with E-state index in [-0.39, 0.29) is 15.6 Å². The van der Waals surface area contributed by atoms with Gasteiger partial charge in [0.2, 0.25) is 0 Å². The zero-order valence-corrected chi connectivity index (χ0v) is 10.5. The van der Waals surface area contributed by atoms with Crippen LogP contribution in [0.5, 0.6) is 0 Å². The fourth-order valence-electron chi connectivity index (χ4n) is 1.47. The van der Waals surface area contributed by atoms with Crippen molar-refractivity contribution in [1.82, 2.24) is 0 Å². The van der Waals surface area contributed by atoms with Crippen LogP contribution in [0, 0.1) is 17.5 Å². The molecule has 0 bridgehead atoms. The SMILES string of the molecule is O=C(c1ccc(F)c(Br)c1)c1cccc(F)c1F. The van der Waals surface area contributed by atoms with Gasteiger partial charge in [-0.15, -0.1) is 0 Å². The second kappa shape index (κ2) is 4.94. The smallest absolute Gasteiger partial charge is 0.196 e. The summed E-state index contributed by atoms with van der Waals surface area (Å²) >= 11 is 2.92. The van der Waals surface area contributed by atoms with Gasteiger partial charge in [0.05, 0.1) is 10.0 Å². The first kappa shape index (κ1) is 12.8. The maximum absolute atomic E-state index is 13.4. The van der Waals surface area contributed by atoms with Crippen LogP contribution < -0.4 is 0 Å². The molecule has 0 unspecified atom stereocenters. The zero-order chi connectivity index (χ0) is 13.3. The molecule has 0 N–H and O–H groups in total. The normalized spacial score (nSPS) is 10.4. The van der Waals surface area contributed by atoms with Crippen molar-refractivity contribution in [2.45, 2.75) is 0 Å². The number of benzene rings is 2. The van der Waals surface area contributed by atoms with Crippen molar-refractivity contribution in [2.24, 2.45) is 0 Å². The summed E-state index contributed by atoms with van der Waals surface area (Å²) < 4.78 is 39.5. The molecular formula is C13H6BrF3O. The van der Waals surface area contributed by atoms with Gasteiger partial charge in [0, 0.05) is 5.56 Å². The molecule has 0 radical (unpaired) electrons. The highest BCUT2D eigenvalue weighted by atomic mass is 79.9. The molecule has 2 aromatic carbocycles. The summed E-state index contributed by atoms with van der Waals surface area (Å²) in [5, 5.41) is 0. The van der Waals surface area contributed by atoms with Gasteiger partial charge in [-0.3, -0.25) is 4.79 Å². The van der Waals surface area contributed by atoms with Crippen molar-refractivity contribution in [3.63, 3.8) is 0 Å². The molecule has 0 aliphatic rings. The zero-order valence-electron chi connectivity index (χ0n) is 8.88. The van der Waals surface area contributed by atoms with Crippen molar-refractivity contribution >= 4 is 21.7 Å². The average Bonchev–Trinajstić information content (AvgIpc) is 2.35. The minimum Gasteiger partial charge on any atom is -0.288 e. The van der Waals surface area contributed by atoms with E-state index < -0.39 is 23.2 Å². The molecule has 2 aromatic rings. The molecule has 0 amide bonds. The number of halogens is 4. The Morgan fingerprint density at radius 2 is 1.72 bits per heavy atom. The maximum atomic E-state index is 13.4. The summed E-state index contributed by atoms with van der Waals surface area (Å²) in [5.41, 5.74) is -0.304. The molecule has 18 heavy (non-hydrogen) atoms. The van der Waals surface area contributed by atoms with E-state index in [2.05, 4.69) is 15.9 Å². The van der Waals surface area contributed by atoms with Gasteiger partial charge in [-0.2, -0.15) is 0 Å².